The van der Waals surface area contributed by atoms with Crippen LogP contribution in [0.4, 0.5) is 0 Å². The van der Waals surface area contributed by atoms with Gasteiger partial charge in [0.25, 0.3) is 0 Å². The Morgan fingerprint density at radius 3 is 2.94 bits per heavy atom. The van der Waals surface area contributed by atoms with Gasteiger partial charge >= 0.3 is 5.97 Å². The quantitative estimate of drug-likeness (QED) is 0.474. The zero-order valence-electron chi connectivity index (χ0n) is 9.94. The van der Waals surface area contributed by atoms with E-state index in [0.717, 1.165) is 12.8 Å². The molecule has 2 aliphatic carbocycles. The Morgan fingerprint density at radius 1 is 1.41 bits per heavy atom. The van der Waals surface area contributed by atoms with Gasteiger partial charge < -0.3 is 4.74 Å². The second kappa shape index (κ2) is 3.31. The van der Waals surface area contributed by atoms with E-state index >= 15 is 0 Å². The lowest BCUT2D eigenvalue weighted by atomic mass is 9.72. The first-order chi connectivity index (χ1) is 8.02. The van der Waals surface area contributed by atoms with Crippen molar-refractivity contribution in [1.29, 1.82) is 0 Å². The van der Waals surface area contributed by atoms with E-state index in [1.807, 2.05) is 13.0 Å². The lowest BCUT2D eigenvalue weighted by Gasteiger charge is -2.29. The standard InChI is InChI=1S/C14H16O3/c1-8-10-7-14(2)9(4-6-12(14)15)3-5-11(10)17-13(8)16/h4,6,9-11H,1,3,5,7H2,2H3/t9-,10?,11-,14?/m0/s1. The Balaban J connectivity index is 1.95. The maximum atomic E-state index is 12.0. The maximum absolute atomic E-state index is 12.0. The number of carbonyl (C=O) groups excluding carboxylic acids is 2. The Kier molecular flexibility index (Phi) is 2.09. The fraction of sp³-hybridized carbons (Fsp3) is 0.571. The van der Waals surface area contributed by atoms with E-state index in [0.29, 0.717) is 17.9 Å². The third-order valence-corrected chi connectivity index (χ3v) is 4.68. The average Bonchev–Trinajstić information content (AvgIpc) is 2.65. The number of carbonyl (C=O) groups is 2. The number of allylic oxidation sites excluding steroid dienone is 2. The molecule has 0 aromatic carbocycles. The fourth-order valence-corrected chi connectivity index (χ4v) is 3.44. The summed E-state index contributed by atoms with van der Waals surface area (Å²) in [6.45, 7) is 5.84. The first-order valence-corrected chi connectivity index (χ1v) is 6.15. The summed E-state index contributed by atoms with van der Waals surface area (Å²) < 4.78 is 5.33. The molecule has 3 rings (SSSR count). The molecule has 4 atom stereocenters. The molecule has 2 fully saturated rings. The zero-order valence-corrected chi connectivity index (χ0v) is 9.94. The predicted octanol–water partition coefficient (Wildman–Crippen LogP) is 2.03. The molecule has 90 valence electrons. The predicted molar refractivity (Wildman–Crippen MR) is 62.1 cm³/mol. The lowest BCUT2D eigenvalue weighted by Crippen LogP contribution is -2.31. The number of esters is 1. The van der Waals surface area contributed by atoms with Crippen LogP contribution in [0.2, 0.25) is 0 Å². The number of fused-ring (bicyclic) bond motifs is 2. The molecule has 1 saturated carbocycles. The Morgan fingerprint density at radius 2 is 2.18 bits per heavy atom. The van der Waals surface area contributed by atoms with Crippen molar-refractivity contribution >= 4 is 11.8 Å². The van der Waals surface area contributed by atoms with Gasteiger partial charge in [-0.1, -0.05) is 19.6 Å². The minimum atomic E-state index is -0.351. The molecule has 0 N–H and O–H groups in total. The van der Waals surface area contributed by atoms with Crippen LogP contribution in [0.5, 0.6) is 0 Å². The van der Waals surface area contributed by atoms with Crippen LogP contribution in [0, 0.1) is 17.3 Å². The summed E-state index contributed by atoms with van der Waals surface area (Å²) in [5.41, 5.74) is 0.202. The average molecular weight is 232 g/mol. The van der Waals surface area contributed by atoms with Crippen LogP contribution in [0.15, 0.2) is 24.3 Å². The fourth-order valence-electron chi connectivity index (χ4n) is 3.44. The van der Waals surface area contributed by atoms with Gasteiger partial charge in [0.05, 0.1) is 0 Å². The molecule has 3 nitrogen and oxygen atoms in total. The highest BCUT2D eigenvalue weighted by molar-refractivity contribution is 5.98. The van der Waals surface area contributed by atoms with Crippen molar-refractivity contribution in [2.45, 2.75) is 32.3 Å². The van der Waals surface area contributed by atoms with E-state index < -0.39 is 0 Å². The van der Waals surface area contributed by atoms with Crippen LogP contribution in [0.1, 0.15) is 26.2 Å². The highest BCUT2D eigenvalue weighted by Crippen LogP contribution is 2.50. The van der Waals surface area contributed by atoms with Crippen molar-refractivity contribution in [1.82, 2.24) is 0 Å². The monoisotopic (exact) mass is 232 g/mol. The van der Waals surface area contributed by atoms with Gasteiger partial charge in [-0.2, -0.15) is 0 Å². The summed E-state index contributed by atoms with van der Waals surface area (Å²) in [5, 5.41) is 0. The molecule has 2 unspecified atom stereocenters. The van der Waals surface area contributed by atoms with Crippen molar-refractivity contribution in [3.05, 3.63) is 24.3 Å². The molecular weight excluding hydrogens is 216 g/mol. The van der Waals surface area contributed by atoms with E-state index in [-0.39, 0.29) is 29.2 Å². The smallest absolute Gasteiger partial charge is 0.334 e. The Labute approximate surface area is 101 Å². The van der Waals surface area contributed by atoms with Crippen molar-refractivity contribution in [2.75, 3.05) is 0 Å². The summed E-state index contributed by atoms with van der Waals surface area (Å²) in [7, 11) is 0. The third kappa shape index (κ3) is 1.34. The molecule has 3 heteroatoms. The van der Waals surface area contributed by atoms with Crippen LogP contribution in [0.3, 0.4) is 0 Å². The molecule has 0 bridgehead atoms. The summed E-state index contributed by atoms with van der Waals surface area (Å²) in [6, 6.07) is 0. The van der Waals surface area contributed by atoms with E-state index in [9.17, 15) is 9.59 Å². The van der Waals surface area contributed by atoms with Crippen LogP contribution >= 0.6 is 0 Å². The van der Waals surface area contributed by atoms with Crippen LogP contribution in [0.25, 0.3) is 0 Å². The molecule has 0 spiro atoms. The summed E-state index contributed by atoms with van der Waals surface area (Å²) in [5.74, 6) is 0.240. The normalized spacial score (nSPS) is 44.3. The second-order valence-electron chi connectivity index (χ2n) is 5.60. The molecule has 0 aromatic rings. The number of hydrogen-bond acceptors (Lipinski definition) is 3. The molecular formula is C14H16O3. The summed E-state index contributed by atoms with van der Waals surface area (Å²) in [4.78, 5) is 23.5. The Hall–Kier alpha value is -1.38. The van der Waals surface area contributed by atoms with E-state index in [4.69, 9.17) is 4.74 Å². The van der Waals surface area contributed by atoms with Crippen molar-refractivity contribution < 1.29 is 14.3 Å². The number of hydrogen-bond donors (Lipinski definition) is 0. The van der Waals surface area contributed by atoms with E-state index in [1.165, 1.54) is 0 Å². The topological polar surface area (TPSA) is 43.4 Å². The highest BCUT2D eigenvalue weighted by atomic mass is 16.6. The molecule has 1 saturated heterocycles. The molecule has 1 aliphatic heterocycles. The second-order valence-corrected chi connectivity index (χ2v) is 5.60. The first kappa shape index (κ1) is 10.8. The van der Waals surface area contributed by atoms with Crippen LogP contribution in [-0.2, 0) is 14.3 Å². The molecule has 0 amide bonds. The van der Waals surface area contributed by atoms with Gasteiger partial charge in [-0.3, -0.25) is 4.79 Å². The first-order valence-electron chi connectivity index (χ1n) is 6.15. The third-order valence-electron chi connectivity index (χ3n) is 4.68. The van der Waals surface area contributed by atoms with Gasteiger partial charge in [0, 0.05) is 16.9 Å². The largest absolute Gasteiger partial charge is 0.458 e. The van der Waals surface area contributed by atoms with Crippen LogP contribution < -0.4 is 0 Å². The maximum Gasteiger partial charge on any atom is 0.334 e. The van der Waals surface area contributed by atoms with Gasteiger partial charge in [0.1, 0.15) is 6.10 Å². The van der Waals surface area contributed by atoms with Crippen LogP contribution in [-0.4, -0.2) is 17.9 Å². The van der Waals surface area contributed by atoms with Gasteiger partial charge in [-0.05, 0) is 31.3 Å². The summed E-state index contributed by atoms with van der Waals surface area (Å²) >= 11 is 0. The Bertz CT molecular complexity index is 448. The van der Waals surface area contributed by atoms with E-state index in [1.54, 1.807) is 6.08 Å². The van der Waals surface area contributed by atoms with Crippen molar-refractivity contribution in [3.8, 4) is 0 Å². The van der Waals surface area contributed by atoms with Gasteiger partial charge in [-0.15, -0.1) is 0 Å². The molecule has 0 radical (unpaired) electrons. The SMILES string of the molecule is C=C1C(=O)O[C@H]2CC[C@H]3C=CC(=O)C3(C)CC12. The molecule has 1 heterocycles. The number of ketones is 1. The van der Waals surface area contributed by atoms with Gasteiger partial charge in [-0.25, -0.2) is 4.79 Å². The van der Waals surface area contributed by atoms with Gasteiger partial charge in [0.2, 0.25) is 0 Å². The number of rotatable bonds is 0. The zero-order chi connectivity index (χ0) is 12.2. The molecule has 17 heavy (non-hydrogen) atoms. The molecule has 0 aromatic heterocycles. The van der Waals surface area contributed by atoms with Crippen molar-refractivity contribution in [3.63, 3.8) is 0 Å². The minimum absolute atomic E-state index is 0.0290. The lowest BCUT2D eigenvalue weighted by molar-refractivity contribution is -0.139. The van der Waals surface area contributed by atoms with Crippen molar-refractivity contribution in [2.24, 2.45) is 17.3 Å². The summed E-state index contributed by atoms with van der Waals surface area (Å²) in [6.07, 6.45) is 6.12. The highest BCUT2D eigenvalue weighted by Gasteiger charge is 2.51. The van der Waals surface area contributed by atoms with Gasteiger partial charge in [0.15, 0.2) is 5.78 Å². The number of ether oxygens (including phenoxy) is 1. The minimum Gasteiger partial charge on any atom is -0.458 e. The van der Waals surface area contributed by atoms with E-state index in [2.05, 4.69) is 6.58 Å². The molecule has 3 aliphatic rings.